The third-order valence-electron chi connectivity index (χ3n) is 4.95. The highest BCUT2D eigenvalue weighted by Gasteiger charge is 2.15. The van der Waals surface area contributed by atoms with Gasteiger partial charge in [0.2, 0.25) is 0 Å². The lowest BCUT2D eigenvalue weighted by atomic mass is 10.1. The summed E-state index contributed by atoms with van der Waals surface area (Å²) in [6.07, 6.45) is 0. The first-order chi connectivity index (χ1) is 18.5. The number of rotatable bonds is 16. The quantitative estimate of drug-likeness (QED) is 0.183. The Morgan fingerprint density at radius 1 is 0.579 bits per heavy atom. The number of hydrogen-bond donors (Lipinski definition) is 0. The van der Waals surface area contributed by atoms with E-state index in [1.165, 1.54) is 14.2 Å². The summed E-state index contributed by atoms with van der Waals surface area (Å²) >= 11 is 0. The third kappa shape index (κ3) is 10.4. The van der Waals surface area contributed by atoms with E-state index in [1.807, 2.05) is 0 Å². The first-order valence-electron chi connectivity index (χ1n) is 11.9. The maximum atomic E-state index is 12.3. The van der Waals surface area contributed by atoms with Gasteiger partial charge in [-0.3, -0.25) is 0 Å². The Labute approximate surface area is 223 Å². The zero-order valence-corrected chi connectivity index (χ0v) is 22.2. The standard InChI is InChI=1S/C28H34O10/c1-31-11-13-35-15-17-37-25-9-7-21(19-23(25)27(29)33-3)5-6-22-8-10-26(24(20-22)28(30)34-4)38-18-16-36-14-12-32-2/h7-10,19-20H,11-18H2,1-4H3. The molecule has 0 aliphatic heterocycles. The Kier molecular flexibility index (Phi) is 14.3. The predicted octanol–water partition coefficient (Wildman–Crippen LogP) is 2.74. The summed E-state index contributed by atoms with van der Waals surface area (Å²) in [6.45, 7) is 3.07. The zero-order valence-electron chi connectivity index (χ0n) is 22.2. The van der Waals surface area contributed by atoms with Gasteiger partial charge in [0.05, 0.1) is 53.9 Å². The van der Waals surface area contributed by atoms with E-state index in [9.17, 15) is 9.59 Å². The molecule has 0 saturated heterocycles. The van der Waals surface area contributed by atoms with Gasteiger partial charge in [0.15, 0.2) is 0 Å². The van der Waals surface area contributed by atoms with E-state index in [-0.39, 0.29) is 24.3 Å². The van der Waals surface area contributed by atoms with E-state index in [2.05, 4.69) is 11.8 Å². The highest BCUT2D eigenvalue weighted by Crippen LogP contribution is 2.23. The average Bonchev–Trinajstić information content (AvgIpc) is 2.95. The van der Waals surface area contributed by atoms with E-state index < -0.39 is 11.9 Å². The van der Waals surface area contributed by atoms with Crippen LogP contribution in [0.3, 0.4) is 0 Å². The summed E-state index contributed by atoms with van der Waals surface area (Å²) in [5.74, 6) is 5.61. The van der Waals surface area contributed by atoms with Crippen molar-refractivity contribution in [1.82, 2.24) is 0 Å². The minimum Gasteiger partial charge on any atom is -0.490 e. The van der Waals surface area contributed by atoms with Gasteiger partial charge in [-0.05, 0) is 36.4 Å². The molecular formula is C28H34O10. The van der Waals surface area contributed by atoms with E-state index in [1.54, 1.807) is 50.6 Å². The molecule has 0 heterocycles. The van der Waals surface area contributed by atoms with Crippen molar-refractivity contribution in [3.63, 3.8) is 0 Å². The van der Waals surface area contributed by atoms with Crippen LogP contribution in [0.4, 0.5) is 0 Å². The minimum atomic E-state index is -0.551. The van der Waals surface area contributed by atoms with Crippen LogP contribution in [0.5, 0.6) is 11.5 Å². The van der Waals surface area contributed by atoms with Crippen LogP contribution in [-0.4, -0.2) is 93.2 Å². The van der Waals surface area contributed by atoms with Crippen LogP contribution in [0.15, 0.2) is 36.4 Å². The molecule has 0 saturated carbocycles. The van der Waals surface area contributed by atoms with Crippen molar-refractivity contribution in [3.8, 4) is 23.3 Å². The molecule has 0 atom stereocenters. The summed E-state index contributed by atoms with van der Waals surface area (Å²) in [5, 5.41) is 0. The van der Waals surface area contributed by atoms with Gasteiger partial charge in [0, 0.05) is 25.3 Å². The van der Waals surface area contributed by atoms with Crippen molar-refractivity contribution in [3.05, 3.63) is 58.7 Å². The maximum absolute atomic E-state index is 12.3. The second kappa shape index (κ2) is 17.8. The van der Waals surface area contributed by atoms with Crippen LogP contribution in [-0.2, 0) is 28.4 Å². The van der Waals surface area contributed by atoms with E-state index in [4.69, 9.17) is 37.9 Å². The molecule has 0 radical (unpaired) electrons. The molecule has 0 N–H and O–H groups in total. The Morgan fingerprint density at radius 3 is 1.34 bits per heavy atom. The summed E-state index contributed by atoms with van der Waals surface area (Å²) in [6, 6.07) is 9.92. The van der Waals surface area contributed by atoms with Gasteiger partial charge < -0.3 is 37.9 Å². The molecule has 0 spiro atoms. The summed E-state index contributed by atoms with van der Waals surface area (Å²) in [5.41, 5.74) is 1.59. The van der Waals surface area contributed by atoms with Gasteiger partial charge in [-0.2, -0.15) is 0 Å². The highest BCUT2D eigenvalue weighted by molar-refractivity contribution is 5.93. The largest absolute Gasteiger partial charge is 0.490 e. The van der Waals surface area contributed by atoms with Crippen molar-refractivity contribution in [2.45, 2.75) is 0 Å². The molecule has 2 aromatic rings. The van der Waals surface area contributed by atoms with Crippen LogP contribution in [0, 0.1) is 11.8 Å². The fraction of sp³-hybridized carbons (Fsp3) is 0.429. The van der Waals surface area contributed by atoms with Crippen molar-refractivity contribution < 1.29 is 47.5 Å². The highest BCUT2D eigenvalue weighted by atomic mass is 16.6. The summed E-state index contributed by atoms with van der Waals surface area (Å²) < 4.78 is 41.8. The lowest BCUT2D eigenvalue weighted by molar-refractivity contribution is 0.0521. The number of carbonyl (C=O) groups is 2. The lowest BCUT2D eigenvalue weighted by Gasteiger charge is -2.11. The maximum Gasteiger partial charge on any atom is 0.341 e. The Bertz CT molecular complexity index is 1000. The number of ether oxygens (including phenoxy) is 8. The molecular weight excluding hydrogens is 496 g/mol. The normalized spacial score (nSPS) is 10.3. The van der Waals surface area contributed by atoms with Gasteiger partial charge >= 0.3 is 11.9 Å². The van der Waals surface area contributed by atoms with Crippen LogP contribution in [0.2, 0.25) is 0 Å². The van der Waals surface area contributed by atoms with Crippen molar-refractivity contribution in [2.75, 3.05) is 81.3 Å². The van der Waals surface area contributed by atoms with Crippen molar-refractivity contribution in [1.29, 1.82) is 0 Å². The van der Waals surface area contributed by atoms with Gasteiger partial charge in [-0.15, -0.1) is 0 Å². The lowest BCUT2D eigenvalue weighted by Crippen LogP contribution is -2.12. The Balaban J connectivity index is 2.14. The van der Waals surface area contributed by atoms with Crippen LogP contribution in [0.1, 0.15) is 31.8 Å². The molecule has 10 nitrogen and oxygen atoms in total. The molecule has 0 aromatic heterocycles. The Morgan fingerprint density at radius 2 is 0.974 bits per heavy atom. The monoisotopic (exact) mass is 530 g/mol. The predicted molar refractivity (Wildman–Crippen MR) is 138 cm³/mol. The topological polar surface area (TPSA) is 108 Å². The number of esters is 2. The van der Waals surface area contributed by atoms with Gasteiger partial charge in [-0.1, -0.05) is 11.8 Å². The van der Waals surface area contributed by atoms with Crippen LogP contribution >= 0.6 is 0 Å². The minimum absolute atomic E-state index is 0.239. The number of carbonyl (C=O) groups excluding carboxylic acids is 2. The molecule has 2 rings (SSSR count). The molecule has 10 heteroatoms. The van der Waals surface area contributed by atoms with Gasteiger partial charge in [0.25, 0.3) is 0 Å². The molecule has 2 aromatic carbocycles. The number of methoxy groups -OCH3 is 4. The zero-order chi connectivity index (χ0) is 27.6. The van der Waals surface area contributed by atoms with E-state index in [0.29, 0.717) is 62.3 Å². The van der Waals surface area contributed by atoms with Crippen molar-refractivity contribution >= 4 is 11.9 Å². The van der Waals surface area contributed by atoms with Gasteiger partial charge in [0.1, 0.15) is 35.8 Å². The molecule has 0 aliphatic carbocycles. The second-order valence-corrected chi connectivity index (χ2v) is 7.56. The molecule has 0 bridgehead atoms. The van der Waals surface area contributed by atoms with Crippen molar-refractivity contribution in [2.24, 2.45) is 0 Å². The molecule has 38 heavy (non-hydrogen) atoms. The average molecular weight is 531 g/mol. The molecule has 0 fully saturated rings. The fourth-order valence-electron chi connectivity index (χ4n) is 3.06. The SMILES string of the molecule is COCCOCCOc1ccc(C#Cc2ccc(OCCOCCOC)c(C(=O)OC)c2)cc1C(=O)OC. The number of hydrogen-bond acceptors (Lipinski definition) is 10. The molecule has 0 amide bonds. The third-order valence-corrected chi connectivity index (χ3v) is 4.95. The Hall–Kier alpha value is -3.62. The van der Waals surface area contributed by atoms with Crippen LogP contribution < -0.4 is 9.47 Å². The van der Waals surface area contributed by atoms with E-state index >= 15 is 0 Å². The summed E-state index contributed by atoms with van der Waals surface area (Å²) in [4.78, 5) is 24.6. The second-order valence-electron chi connectivity index (χ2n) is 7.56. The van der Waals surface area contributed by atoms with Crippen LogP contribution in [0.25, 0.3) is 0 Å². The first-order valence-corrected chi connectivity index (χ1v) is 11.9. The fourth-order valence-corrected chi connectivity index (χ4v) is 3.06. The van der Waals surface area contributed by atoms with E-state index in [0.717, 1.165) is 0 Å². The van der Waals surface area contributed by atoms with Gasteiger partial charge in [-0.25, -0.2) is 9.59 Å². The summed E-state index contributed by atoms with van der Waals surface area (Å²) in [7, 11) is 5.78. The molecule has 0 unspecified atom stereocenters. The number of benzene rings is 2. The first kappa shape index (κ1) is 30.6. The molecule has 0 aliphatic rings. The smallest absolute Gasteiger partial charge is 0.341 e. The molecule has 206 valence electrons.